The van der Waals surface area contributed by atoms with Crippen LogP contribution in [-0.2, 0) is 28.5 Å². The Bertz CT molecular complexity index is 252. The maximum absolute atomic E-state index is 11.6. The van der Waals surface area contributed by atoms with E-state index in [1.807, 2.05) is 0 Å². The molecule has 0 saturated carbocycles. The van der Waals surface area contributed by atoms with Crippen LogP contribution in [0.25, 0.3) is 0 Å². The fourth-order valence-corrected chi connectivity index (χ4v) is 1.61. The largest absolute Gasteiger partial charge is 0.466 e. The first-order chi connectivity index (χ1) is 9.63. The van der Waals surface area contributed by atoms with Gasteiger partial charge in [-0.3, -0.25) is 9.59 Å². The average Bonchev–Trinajstić information content (AvgIpc) is 2.38. The van der Waals surface area contributed by atoms with Gasteiger partial charge in [-0.15, -0.1) is 11.6 Å². The molecular formula is C13H23ClO6. The molecule has 0 aliphatic carbocycles. The molecule has 0 saturated heterocycles. The minimum Gasteiger partial charge on any atom is -0.466 e. The van der Waals surface area contributed by atoms with Gasteiger partial charge in [-0.1, -0.05) is 0 Å². The van der Waals surface area contributed by atoms with Crippen molar-refractivity contribution in [3.8, 4) is 0 Å². The SMILES string of the molecule is CCOC(=O)C[C@@H](CC(=O)CCCl)OCOCCOC. The van der Waals surface area contributed by atoms with Crippen molar-refractivity contribution < 1.29 is 28.5 Å². The van der Waals surface area contributed by atoms with E-state index in [2.05, 4.69) is 0 Å². The molecule has 0 aromatic rings. The Morgan fingerprint density at radius 1 is 1.20 bits per heavy atom. The quantitative estimate of drug-likeness (QED) is 0.222. The second-order valence-corrected chi connectivity index (χ2v) is 4.38. The normalized spacial score (nSPS) is 12.2. The van der Waals surface area contributed by atoms with Crippen LogP contribution in [0.1, 0.15) is 26.2 Å². The van der Waals surface area contributed by atoms with E-state index < -0.39 is 12.1 Å². The van der Waals surface area contributed by atoms with Crippen molar-refractivity contribution >= 4 is 23.4 Å². The predicted octanol–water partition coefficient (Wildman–Crippen LogP) is 1.53. The zero-order valence-corrected chi connectivity index (χ0v) is 12.8. The second-order valence-electron chi connectivity index (χ2n) is 4.00. The Hall–Kier alpha value is -0.690. The van der Waals surface area contributed by atoms with E-state index in [-0.39, 0.29) is 37.7 Å². The van der Waals surface area contributed by atoms with Gasteiger partial charge in [0.2, 0.25) is 0 Å². The van der Waals surface area contributed by atoms with E-state index >= 15 is 0 Å². The van der Waals surface area contributed by atoms with Gasteiger partial charge in [0, 0.05) is 25.8 Å². The first-order valence-corrected chi connectivity index (χ1v) is 7.09. The van der Waals surface area contributed by atoms with E-state index in [0.717, 1.165) is 0 Å². The van der Waals surface area contributed by atoms with E-state index in [1.54, 1.807) is 14.0 Å². The van der Waals surface area contributed by atoms with Crippen molar-refractivity contribution in [2.45, 2.75) is 32.3 Å². The zero-order valence-electron chi connectivity index (χ0n) is 12.1. The molecule has 0 rings (SSSR count). The van der Waals surface area contributed by atoms with Gasteiger partial charge in [-0.25, -0.2) is 0 Å². The number of ether oxygens (including phenoxy) is 4. The smallest absolute Gasteiger partial charge is 0.308 e. The molecule has 6 nitrogen and oxygen atoms in total. The maximum Gasteiger partial charge on any atom is 0.308 e. The van der Waals surface area contributed by atoms with Crippen molar-refractivity contribution in [1.29, 1.82) is 0 Å². The molecule has 0 aliphatic heterocycles. The number of hydrogen-bond acceptors (Lipinski definition) is 6. The van der Waals surface area contributed by atoms with E-state index in [4.69, 9.17) is 30.5 Å². The molecule has 20 heavy (non-hydrogen) atoms. The Kier molecular flexibility index (Phi) is 12.8. The van der Waals surface area contributed by atoms with Crippen molar-refractivity contribution in [1.82, 2.24) is 0 Å². The number of carbonyl (C=O) groups is 2. The number of rotatable bonds is 13. The molecule has 1 atom stereocenters. The lowest BCUT2D eigenvalue weighted by atomic mass is 10.1. The van der Waals surface area contributed by atoms with Crippen LogP contribution in [0.5, 0.6) is 0 Å². The molecule has 0 unspecified atom stereocenters. The summed E-state index contributed by atoms with van der Waals surface area (Å²) in [4.78, 5) is 23.0. The molecule has 7 heteroatoms. The zero-order chi connectivity index (χ0) is 15.2. The van der Waals surface area contributed by atoms with Gasteiger partial charge >= 0.3 is 5.97 Å². The van der Waals surface area contributed by atoms with Gasteiger partial charge in [0.1, 0.15) is 12.6 Å². The second kappa shape index (κ2) is 13.3. The number of hydrogen-bond donors (Lipinski definition) is 0. The molecule has 0 radical (unpaired) electrons. The van der Waals surface area contributed by atoms with Crippen LogP contribution in [0.4, 0.5) is 0 Å². The highest BCUT2D eigenvalue weighted by atomic mass is 35.5. The standard InChI is InChI=1S/C13H23ClO6/c1-3-19-13(16)9-12(8-11(15)4-5-14)20-10-18-7-6-17-2/h12H,3-10H2,1-2H3/t12-/m1/s1. The summed E-state index contributed by atoms with van der Waals surface area (Å²) < 4.78 is 20.2. The van der Waals surface area contributed by atoms with Gasteiger partial charge in [-0.2, -0.15) is 0 Å². The third kappa shape index (κ3) is 11.2. The van der Waals surface area contributed by atoms with Gasteiger partial charge < -0.3 is 18.9 Å². The highest BCUT2D eigenvalue weighted by molar-refractivity contribution is 6.19. The molecule has 0 N–H and O–H groups in total. The number of carbonyl (C=O) groups excluding carboxylic acids is 2. The molecule has 0 bridgehead atoms. The fraction of sp³-hybridized carbons (Fsp3) is 0.846. The summed E-state index contributed by atoms with van der Waals surface area (Å²) in [5.74, 6) is -0.186. The van der Waals surface area contributed by atoms with Gasteiger partial charge in [0.05, 0.1) is 32.3 Å². The number of esters is 1. The van der Waals surface area contributed by atoms with Crippen molar-refractivity contribution in [3.63, 3.8) is 0 Å². The van der Waals surface area contributed by atoms with Crippen LogP contribution in [0.3, 0.4) is 0 Å². The van der Waals surface area contributed by atoms with Crippen LogP contribution >= 0.6 is 11.6 Å². The summed E-state index contributed by atoms with van der Waals surface area (Å²) in [6.07, 6.45) is -0.143. The van der Waals surface area contributed by atoms with Gasteiger partial charge in [0.15, 0.2) is 0 Å². The van der Waals surface area contributed by atoms with Crippen LogP contribution in [-0.4, -0.2) is 57.5 Å². The molecule has 0 heterocycles. The third-order valence-electron chi connectivity index (χ3n) is 2.35. The lowest BCUT2D eigenvalue weighted by Gasteiger charge is -2.16. The summed E-state index contributed by atoms with van der Waals surface area (Å²) in [5, 5.41) is 0. The van der Waals surface area contributed by atoms with E-state index in [0.29, 0.717) is 19.8 Å². The molecule has 0 aromatic carbocycles. The lowest BCUT2D eigenvalue weighted by molar-refractivity contribution is -0.151. The first-order valence-electron chi connectivity index (χ1n) is 6.55. The molecule has 118 valence electrons. The Labute approximate surface area is 124 Å². The average molecular weight is 311 g/mol. The summed E-state index contributed by atoms with van der Waals surface area (Å²) in [5.41, 5.74) is 0. The minimum atomic E-state index is -0.549. The van der Waals surface area contributed by atoms with Crippen LogP contribution in [0, 0.1) is 0 Å². The summed E-state index contributed by atoms with van der Waals surface area (Å²) >= 11 is 5.51. The topological polar surface area (TPSA) is 71.1 Å². The molecular weight excluding hydrogens is 288 g/mol. The monoisotopic (exact) mass is 310 g/mol. The Morgan fingerprint density at radius 2 is 1.95 bits per heavy atom. The third-order valence-corrected chi connectivity index (χ3v) is 2.54. The molecule has 0 fully saturated rings. The number of halogens is 1. The van der Waals surface area contributed by atoms with Crippen molar-refractivity contribution in [2.24, 2.45) is 0 Å². The van der Waals surface area contributed by atoms with Gasteiger partial charge in [0.25, 0.3) is 0 Å². The number of Topliss-reactive ketones (excluding diaryl/α,β-unsaturated/α-hetero) is 1. The summed E-state index contributed by atoms with van der Waals surface area (Å²) in [7, 11) is 1.57. The van der Waals surface area contributed by atoms with Gasteiger partial charge in [-0.05, 0) is 6.92 Å². The maximum atomic E-state index is 11.6. The van der Waals surface area contributed by atoms with Crippen LogP contribution in [0.15, 0.2) is 0 Å². The Balaban J connectivity index is 4.10. The molecule has 0 aliphatic rings. The number of methoxy groups -OCH3 is 1. The van der Waals surface area contributed by atoms with Crippen LogP contribution in [0.2, 0.25) is 0 Å². The Morgan fingerprint density at radius 3 is 2.55 bits per heavy atom. The lowest BCUT2D eigenvalue weighted by Crippen LogP contribution is -2.24. The molecule has 0 spiro atoms. The van der Waals surface area contributed by atoms with E-state index in [1.165, 1.54) is 0 Å². The fourth-order valence-electron chi connectivity index (χ4n) is 1.40. The summed E-state index contributed by atoms with van der Waals surface area (Å²) in [6.45, 7) is 2.86. The van der Waals surface area contributed by atoms with Crippen molar-refractivity contribution in [2.75, 3.05) is 39.6 Å². The van der Waals surface area contributed by atoms with Crippen LogP contribution < -0.4 is 0 Å². The number of alkyl halides is 1. The van der Waals surface area contributed by atoms with E-state index in [9.17, 15) is 9.59 Å². The highest BCUT2D eigenvalue weighted by Crippen LogP contribution is 2.09. The summed E-state index contributed by atoms with van der Waals surface area (Å²) in [6, 6.07) is 0. The molecule has 0 amide bonds. The first kappa shape index (κ1) is 19.3. The molecule has 0 aromatic heterocycles. The predicted molar refractivity (Wildman–Crippen MR) is 73.8 cm³/mol. The van der Waals surface area contributed by atoms with Crippen molar-refractivity contribution in [3.05, 3.63) is 0 Å². The minimum absolute atomic E-state index is 0.00157. The highest BCUT2D eigenvalue weighted by Gasteiger charge is 2.19. The number of ketones is 1.